The Labute approximate surface area is 111 Å². The fraction of sp³-hybridized carbons (Fsp3) is 0.0909. The highest BCUT2D eigenvalue weighted by Crippen LogP contribution is 2.32. The third kappa shape index (κ3) is 2.08. The minimum Gasteiger partial charge on any atom is -0.465 e. The molecule has 1 aromatic carbocycles. The van der Waals surface area contributed by atoms with E-state index in [9.17, 15) is 4.79 Å². The summed E-state index contributed by atoms with van der Waals surface area (Å²) in [5, 5.41) is 0.829. The normalized spacial score (nSPS) is 10.5. The van der Waals surface area contributed by atoms with Gasteiger partial charge in [0.1, 0.15) is 5.15 Å². The molecule has 0 aliphatic rings. The van der Waals surface area contributed by atoms with Gasteiger partial charge in [0.25, 0.3) is 0 Å². The lowest BCUT2D eigenvalue weighted by Crippen LogP contribution is -2.04. The predicted octanol–water partition coefficient (Wildman–Crippen LogP) is 3.02. The molecule has 0 aliphatic heterocycles. The maximum Gasteiger partial charge on any atom is 0.338 e. The van der Waals surface area contributed by atoms with E-state index in [1.807, 2.05) is 0 Å². The Balaban J connectivity index is 2.89. The zero-order chi connectivity index (χ0) is 12.6. The lowest BCUT2D eigenvalue weighted by Gasteiger charge is -2.08. The zero-order valence-corrected chi connectivity index (χ0v) is 11.2. The van der Waals surface area contributed by atoms with Crippen LogP contribution in [-0.4, -0.2) is 18.1 Å². The molecule has 0 amide bonds. The molecule has 0 radical (unpaired) electrons. The van der Waals surface area contributed by atoms with Crippen molar-refractivity contribution in [2.24, 2.45) is 0 Å². The molecule has 0 bridgehead atoms. The van der Waals surface area contributed by atoms with Crippen LogP contribution in [0.5, 0.6) is 0 Å². The number of carbonyl (C=O) groups is 1. The molecule has 0 unspecified atom stereocenters. The summed E-state index contributed by atoms with van der Waals surface area (Å²) in [6, 6.07) is 4.85. The number of nitrogens with two attached hydrogens (primary N) is 1. The number of nitrogens with zero attached hydrogens (tertiary/aromatic N) is 1. The number of fused-ring (bicyclic) bond motifs is 1. The van der Waals surface area contributed by atoms with Gasteiger partial charge in [0.2, 0.25) is 0 Å². The number of halogens is 2. The topological polar surface area (TPSA) is 65.2 Å². The molecular weight excluding hydrogens is 307 g/mol. The van der Waals surface area contributed by atoms with Crippen molar-refractivity contribution in [2.45, 2.75) is 0 Å². The fourth-order valence-corrected chi connectivity index (χ4v) is 2.29. The summed E-state index contributed by atoms with van der Waals surface area (Å²) in [6.07, 6.45) is 0. The monoisotopic (exact) mass is 314 g/mol. The number of carbonyl (C=O) groups excluding carboxylic acids is 1. The van der Waals surface area contributed by atoms with Gasteiger partial charge in [-0.05, 0) is 34.1 Å². The smallest absolute Gasteiger partial charge is 0.338 e. The molecule has 0 spiro atoms. The predicted molar refractivity (Wildman–Crippen MR) is 70.2 cm³/mol. The second-order valence-corrected chi connectivity index (χ2v) is 4.53. The number of methoxy groups -OCH3 is 1. The van der Waals surface area contributed by atoms with Crippen molar-refractivity contribution in [2.75, 3.05) is 12.8 Å². The average Bonchev–Trinajstić information content (AvgIpc) is 2.32. The van der Waals surface area contributed by atoms with Crippen LogP contribution in [0, 0.1) is 0 Å². The highest BCUT2D eigenvalue weighted by molar-refractivity contribution is 9.10. The zero-order valence-electron chi connectivity index (χ0n) is 8.83. The highest BCUT2D eigenvalue weighted by atomic mass is 79.9. The number of aromatic nitrogens is 1. The lowest BCUT2D eigenvalue weighted by atomic mass is 10.1. The molecule has 2 N–H and O–H groups in total. The van der Waals surface area contributed by atoms with Gasteiger partial charge in [-0.25, -0.2) is 9.78 Å². The van der Waals surface area contributed by atoms with E-state index in [-0.39, 0.29) is 5.15 Å². The Morgan fingerprint density at radius 2 is 2.24 bits per heavy atom. The Hall–Kier alpha value is -1.33. The average molecular weight is 316 g/mol. The summed E-state index contributed by atoms with van der Waals surface area (Å²) in [5.74, 6) is -0.481. The van der Waals surface area contributed by atoms with E-state index in [2.05, 4.69) is 20.9 Å². The second-order valence-electron chi connectivity index (χ2n) is 3.35. The molecular formula is C11H8BrClN2O2. The molecule has 1 aromatic heterocycles. The molecule has 0 aliphatic carbocycles. The second kappa shape index (κ2) is 4.50. The van der Waals surface area contributed by atoms with Crippen LogP contribution in [0.25, 0.3) is 10.9 Å². The van der Waals surface area contributed by atoms with Gasteiger partial charge in [-0.1, -0.05) is 11.6 Å². The van der Waals surface area contributed by atoms with E-state index in [1.54, 1.807) is 12.1 Å². The first-order valence-electron chi connectivity index (χ1n) is 4.67. The first-order chi connectivity index (χ1) is 8.04. The minimum absolute atomic E-state index is 0.231. The largest absolute Gasteiger partial charge is 0.465 e. The van der Waals surface area contributed by atoms with Gasteiger partial charge < -0.3 is 10.5 Å². The van der Waals surface area contributed by atoms with Crippen molar-refractivity contribution in [1.29, 1.82) is 0 Å². The molecule has 6 heteroatoms. The Bertz CT molecular complexity index is 616. The van der Waals surface area contributed by atoms with Crippen LogP contribution < -0.4 is 5.73 Å². The third-order valence-electron chi connectivity index (χ3n) is 2.32. The number of pyridine rings is 1. The maximum atomic E-state index is 11.7. The fourth-order valence-electron chi connectivity index (χ4n) is 1.54. The van der Waals surface area contributed by atoms with Crippen molar-refractivity contribution in [3.63, 3.8) is 0 Å². The molecule has 0 fully saturated rings. The number of hydrogen-bond acceptors (Lipinski definition) is 4. The summed E-state index contributed by atoms with van der Waals surface area (Å²) < 4.78 is 5.32. The van der Waals surface area contributed by atoms with Gasteiger partial charge in [-0.3, -0.25) is 0 Å². The SMILES string of the molecule is COC(=O)c1cc(Cl)nc2ccc(N)c(Br)c12. The lowest BCUT2D eigenvalue weighted by molar-refractivity contribution is 0.0603. The number of anilines is 1. The van der Waals surface area contributed by atoms with E-state index < -0.39 is 5.97 Å². The number of esters is 1. The van der Waals surface area contributed by atoms with Crippen LogP contribution in [0.3, 0.4) is 0 Å². The number of benzene rings is 1. The summed E-state index contributed by atoms with van der Waals surface area (Å²) in [5.41, 5.74) is 7.21. The molecule has 0 saturated heterocycles. The molecule has 1 heterocycles. The molecule has 17 heavy (non-hydrogen) atoms. The first-order valence-corrected chi connectivity index (χ1v) is 5.84. The molecule has 2 rings (SSSR count). The highest BCUT2D eigenvalue weighted by Gasteiger charge is 2.16. The van der Waals surface area contributed by atoms with Crippen LogP contribution in [0.15, 0.2) is 22.7 Å². The minimum atomic E-state index is -0.481. The van der Waals surface area contributed by atoms with Gasteiger partial charge in [0, 0.05) is 11.1 Å². The van der Waals surface area contributed by atoms with E-state index >= 15 is 0 Å². The van der Waals surface area contributed by atoms with Crippen LogP contribution >= 0.6 is 27.5 Å². The molecule has 0 saturated carbocycles. The van der Waals surface area contributed by atoms with Gasteiger partial charge in [0.05, 0.1) is 22.7 Å². The summed E-state index contributed by atoms with van der Waals surface area (Å²) >= 11 is 9.19. The third-order valence-corrected chi connectivity index (χ3v) is 3.36. The van der Waals surface area contributed by atoms with Crippen molar-refractivity contribution < 1.29 is 9.53 Å². The van der Waals surface area contributed by atoms with E-state index in [0.717, 1.165) is 0 Å². The van der Waals surface area contributed by atoms with Gasteiger partial charge in [-0.15, -0.1) is 0 Å². The van der Waals surface area contributed by atoms with Crippen molar-refractivity contribution in [1.82, 2.24) is 4.98 Å². The van der Waals surface area contributed by atoms with Crippen LogP contribution in [0.1, 0.15) is 10.4 Å². The number of nitrogen functional groups attached to an aromatic ring is 1. The van der Waals surface area contributed by atoms with Gasteiger partial charge in [0.15, 0.2) is 0 Å². The van der Waals surface area contributed by atoms with Gasteiger partial charge >= 0.3 is 5.97 Å². The Morgan fingerprint density at radius 1 is 1.53 bits per heavy atom. The maximum absolute atomic E-state index is 11.7. The number of rotatable bonds is 1. The summed E-state index contributed by atoms with van der Waals surface area (Å²) in [4.78, 5) is 15.8. The molecule has 4 nitrogen and oxygen atoms in total. The van der Waals surface area contributed by atoms with Crippen molar-refractivity contribution in [3.8, 4) is 0 Å². The van der Waals surface area contributed by atoms with Crippen LogP contribution in [0.4, 0.5) is 5.69 Å². The van der Waals surface area contributed by atoms with Crippen LogP contribution in [-0.2, 0) is 4.74 Å². The van der Waals surface area contributed by atoms with E-state index in [4.69, 9.17) is 22.1 Å². The van der Waals surface area contributed by atoms with Crippen molar-refractivity contribution in [3.05, 3.63) is 33.4 Å². The Morgan fingerprint density at radius 3 is 2.88 bits per heavy atom. The number of hydrogen-bond donors (Lipinski definition) is 1. The van der Waals surface area contributed by atoms with Gasteiger partial charge in [-0.2, -0.15) is 0 Å². The van der Waals surface area contributed by atoms with Crippen LogP contribution in [0.2, 0.25) is 5.15 Å². The quantitative estimate of drug-likeness (QED) is 0.499. The summed E-state index contributed by atoms with van der Waals surface area (Å²) in [6.45, 7) is 0. The van der Waals surface area contributed by atoms with E-state index in [1.165, 1.54) is 13.2 Å². The molecule has 88 valence electrons. The Kier molecular flexibility index (Phi) is 3.22. The van der Waals surface area contributed by atoms with Crippen molar-refractivity contribution >= 4 is 50.1 Å². The molecule has 0 atom stereocenters. The first kappa shape index (κ1) is 12.1. The number of ether oxygens (including phenoxy) is 1. The van der Waals surface area contributed by atoms with E-state index in [0.29, 0.717) is 26.6 Å². The molecule has 2 aromatic rings. The summed E-state index contributed by atoms with van der Waals surface area (Å²) in [7, 11) is 1.31. The standard InChI is InChI=1S/C11H8BrClN2O2/c1-17-11(16)5-4-8(13)15-7-3-2-6(14)10(12)9(5)7/h2-4H,14H2,1H3.